The van der Waals surface area contributed by atoms with Gasteiger partial charge in [-0.05, 0) is 36.8 Å². The zero-order chi connectivity index (χ0) is 16.9. The van der Waals surface area contributed by atoms with E-state index in [1.165, 1.54) is 11.8 Å². The van der Waals surface area contributed by atoms with E-state index in [4.69, 9.17) is 11.6 Å². The van der Waals surface area contributed by atoms with Crippen molar-refractivity contribution in [1.29, 1.82) is 0 Å². The highest BCUT2D eigenvalue weighted by Gasteiger charge is 2.10. The number of H-pyrrole nitrogens is 1. The number of aromatic nitrogens is 3. The third-order valence-electron chi connectivity index (χ3n) is 3.33. The molecular weight excluding hydrogens is 344 g/mol. The van der Waals surface area contributed by atoms with E-state index in [1.807, 2.05) is 31.2 Å². The average molecular weight is 359 g/mol. The number of halogens is 1. The Morgan fingerprint density at radius 1 is 1.21 bits per heavy atom. The fraction of sp³-hybridized carbons (Fsp3) is 0.118. The number of aryl methyl sites for hydroxylation is 1. The Hall–Kier alpha value is -2.31. The van der Waals surface area contributed by atoms with E-state index in [1.54, 1.807) is 24.3 Å². The molecule has 0 saturated carbocycles. The SMILES string of the molecule is Cc1ccccc1-c1nc(SCC(=O)Nc2ccc(Cl)cc2)n[nH]1. The van der Waals surface area contributed by atoms with Crippen LogP contribution in [0.2, 0.25) is 5.02 Å². The van der Waals surface area contributed by atoms with Gasteiger partial charge in [-0.25, -0.2) is 4.98 Å². The van der Waals surface area contributed by atoms with Crippen molar-refractivity contribution in [2.24, 2.45) is 0 Å². The third kappa shape index (κ3) is 4.15. The molecule has 1 heterocycles. The molecule has 2 N–H and O–H groups in total. The van der Waals surface area contributed by atoms with Gasteiger partial charge in [0.05, 0.1) is 5.75 Å². The van der Waals surface area contributed by atoms with Gasteiger partial charge in [-0.15, -0.1) is 5.10 Å². The molecule has 0 atom stereocenters. The maximum absolute atomic E-state index is 12.0. The second kappa shape index (κ2) is 7.51. The van der Waals surface area contributed by atoms with E-state index in [2.05, 4.69) is 20.5 Å². The number of hydrogen-bond donors (Lipinski definition) is 2. The number of benzene rings is 2. The van der Waals surface area contributed by atoms with E-state index >= 15 is 0 Å². The van der Waals surface area contributed by atoms with Gasteiger partial charge in [0.2, 0.25) is 11.1 Å². The summed E-state index contributed by atoms with van der Waals surface area (Å²) in [5, 5.41) is 11.0. The number of amides is 1. The number of nitrogens with zero attached hydrogens (tertiary/aromatic N) is 2. The molecule has 0 aliphatic carbocycles. The summed E-state index contributed by atoms with van der Waals surface area (Å²) in [6.07, 6.45) is 0. The van der Waals surface area contributed by atoms with Crippen LogP contribution in [-0.2, 0) is 4.79 Å². The zero-order valence-corrected chi connectivity index (χ0v) is 14.5. The molecular formula is C17H15ClN4OS. The van der Waals surface area contributed by atoms with Crippen molar-refractivity contribution in [2.75, 3.05) is 11.1 Å². The van der Waals surface area contributed by atoms with Crippen molar-refractivity contribution in [3.63, 3.8) is 0 Å². The normalized spacial score (nSPS) is 10.6. The second-order valence-electron chi connectivity index (χ2n) is 5.13. The van der Waals surface area contributed by atoms with Crippen molar-refractivity contribution in [3.8, 4) is 11.4 Å². The van der Waals surface area contributed by atoms with Gasteiger partial charge in [0, 0.05) is 16.3 Å². The van der Waals surface area contributed by atoms with Gasteiger partial charge in [-0.2, -0.15) is 0 Å². The maximum atomic E-state index is 12.0. The molecule has 0 spiro atoms. The summed E-state index contributed by atoms with van der Waals surface area (Å²) in [5.74, 6) is 0.812. The van der Waals surface area contributed by atoms with Crippen LogP contribution in [0.5, 0.6) is 0 Å². The third-order valence-corrected chi connectivity index (χ3v) is 4.42. The minimum atomic E-state index is -0.121. The molecule has 122 valence electrons. The maximum Gasteiger partial charge on any atom is 0.234 e. The predicted octanol–water partition coefficient (Wildman–Crippen LogP) is 4.16. The first-order valence-corrected chi connectivity index (χ1v) is 8.65. The van der Waals surface area contributed by atoms with Gasteiger partial charge < -0.3 is 5.32 Å². The Bertz CT molecular complexity index is 848. The highest BCUT2D eigenvalue weighted by molar-refractivity contribution is 7.99. The van der Waals surface area contributed by atoms with E-state index in [-0.39, 0.29) is 11.7 Å². The Morgan fingerprint density at radius 3 is 2.71 bits per heavy atom. The molecule has 0 aliphatic heterocycles. The number of carbonyl (C=O) groups is 1. The van der Waals surface area contributed by atoms with Crippen LogP contribution in [0, 0.1) is 6.92 Å². The quantitative estimate of drug-likeness (QED) is 0.672. The number of hydrogen-bond acceptors (Lipinski definition) is 4. The Labute approximate surface area is 148 Å². The van der Waals surface area contributed by atoms with Gasteiger partial charge in [-0.1, -0.05) is 47.6 Å². The lowest BCUT2D eigenvalue weighted by molar-refractivity contribution is -0.113. The van der Waals surface area contributed by atoms with Crippen LogP contribution in [0.1, 0.15) is 5.56 Å². The summed E-state index contributed by atoms with van der Waals surface area (Å²) >= 11 is 7.10. The van der Waals surface area contributed by atoms with Crippen molar-refractivity contribution in [2.45, 2.75) is 12.1 Å². The number of carbonyl (C=O) groups excluding carboxylic acids is 1. The second-order valence-corrected chi connectivity index (χ2v) is 6.50. The largest absolute Gasteiger partial charge is 0.325 e. The summed E-state index contributed by atoms with van der Waals surface area (Å²) < 4.78 is 0. The van der Waals surface area contributed by atoms with Gasteiger partial charge in [0.1, 0.15) is 0 Å². The minimum Gasteiger partial charge on any atom is -0.325 e. The van der Waals surface area contributed by atoms with Crippen LogP contribution < -0.4 is 5.32 Å². The molecule has 0 fully saturated rings. The van der Waals surface area contributed by atoms with Crippen LogP contribution in [0.3, 0.4) is 0 Å². The molecule has 24 heavy (non-hydrogen) atoms. The van der Waals surface area contributed by atoms with Crippen molar-refractivity contribution in [3.05, 3.63) is 59.1 Å². The number of thioether (sulfide) groups is 1. The molecule has 7 heteroatoms. The van der Waals surface area contributed by atoms with Gasteiger partial charge in [0.15, 0.2) is 5.82 Å². The number of nitrogens with one attached hydrogen (secondary N) is 2. The highest BCUT2D eigenvalue weighted by Crippen LogP contribution is 2.22. The first-order valence-electron chi connectivity index (χ1n) is 7.28. The summed E-state index contributed by atoms with van der Waals surface area (Å²) in [4.78, 5) is 16.4. The van der Waals surface area contributed by atoms with Gasteiger partial charge in [-0.3, -0.25) is 9.89 Å². The predicted molar refractivity (Wildman–Crippen MR) is 97.4 cm³/mol. The van der Waals surface area contributed by atoms with Crippen LogP contribution in [-0.4, -0.2) is 26.8 Å². The minimum absolute atomic E-state index is 0.121. The molecule has 0 radical (unpaired) electrons. The van der Waals surface area contributed by atoms with Crippen LogP contribution in [0.25, 0.3) is 11.4 Å². The van der Waals surface area contributed by atoms with Crippen LogP contribution >= 0.6 is 23.4 Å². The smallest absolute Gasteiger partial charge is 0.234 e. The fourth-order valence-corrected chi connectivity index (χ4v) is 2.85. The molecule has 1 amide bonds. The number of rotatable bonds is 5. The molecule has 3 rings (SSSR count). The van der Waals surface area contributed by atoms with Crippen molar-refractivity contribution >= 4 is 35.0 Å². The molecule has 1 aromatic heterocycles. The monoisotopic (exact) mass is 358 g/mol. The number of anilines is 1. The first-order chi connectivity index (χ1) is 11.6. The van der Waals surface area contributed by atoms with Gasteiger partial charge >= 0.3 is 0 Å². The number of aromatic amines is 1. The Kier molecular flexibility index (Phi) is 5.17. The lowest BCUT2D eigenvalue weighted by atomic mass is 10.1. The molecule has 0 unspecified atom stereocenters. The summed E-state index contributed by atoms with van der Waals surface area (Å²) in [7, 11) is 0. The first kappa shape index (κ1) is 16.5. The molecule has 5 nitrogen and oxygen atoms in total. The summed E-state index contributed by atoms with van der Waals surface area (Å²) in [6.45, 7) is 2.02. The summed E-state index contributed by atoms with van der Waals surface area (Å²) in [5.41, 5.74) is 2.83. The van der Waals surface area contributed by atoms with Gasteiger partial charge in [0.25, 0.3) is 0 Å². The van der Waals surface area contributed by atoms with Crippen molar-refractivity contribution < 1.29 is 4.79 Å². The summed E-state index contributed by atoms with van der Waals surface area (Å²) in [6, 6.07) is 14.9. The average Bonchev–Trinajstić information content (AvgIpc) is 3.04. The van der Waals surface area contributed by atoms with E-state index in [9.17, 15) is 4.79 Å². The molecule has 2 aromatic carbocycles. The molecule has 0 bridgehead atoms. The molecule has 0 aliphatic rings. The van der Waals surface area contributed by atoms with Crippen LogP contribution in [0.15, 0.2) is 53.7 Å². The topological polar surface area (TPSA) is 70.7 Å². The van der Waals surface area contributed by atoms with E-state index in [0.29, 0.717) is 21.7 Å². The standard InChI is InChI=1S/C17H15ClN4OS/c1-11-4-2-3-5-14(11)16-20-17(22-21-16)24-10-15(23)19-13-8-6-12(18)7-9-13/h2-9H,10H2,1H3,(H,19,23)(H,20,21,22). The van der Waals surface area contributed by atoms with E-state index in [0.717, 1.165) is 11.1 Å². The Balaban J connectivity index is 1.58. The Morgan fingerprint density at radius 2 is 1.96 bits per heavy atom. The molecule has 0 saturated heterocycles. The molecule has 3 aromatic rings. The van der Waals surface area contributed by atoms with E-state index < -0.39 is 0 Å². The van der Waals surface area contributed by atoms with Crippen LogP contribution in [0.4, 0.5) is 5.69 Å². The lowest BCUT2D eigenvalue weighted by Crippen LogP contribution is -2.13. The zero-order valence-electron chi connectivity index (χ0n) is 12.9. The fourth-order valence-electron chi connectivity index (χ4n) is 2.13. The lowest BCUT2D eigenvalue weighted by Gasteiger charge is -2.03. The van der Waals surface area contributed by atoms with Crippen molar-refractivity contribution in [1.82, 2.24) is 15.2 Å². The highest BCUT2D eigenvalue weighted by atomic mass is 35.5.